The Balaban J connectivity index is 1.67. The molecule has 1 amide bonds. The molecule has 0 fully saturated rings. The van der Waals surface area contributed by atoms with E-state index in [-0.39, 0.29) is 17.2 Å². The van der Waals surface area contributed by atoms with E-state index < -0.39 is 10.8 Å². The van der Waals surface area contributed by atoms with Gasteiger partial charge in [0.2, 0.25) is 5.95 Å². The number of anilines is 1. The summed E-state index contributed by atoms with van der Waals surface area (Å²) in [6, 6.07) is 10.4. The summed E-state index contributed by atoms with van der Waals surface area (Å²) in [4.78, 5) is 26.3. The van der Waals surface area contributed by atoms with Crippen LogP contribution in [0.15, 0.2) is 48.8 Å². The van der Waals surface area contributed by atoms with Crippen molar-refractivity contribution in [2.45, 2.75) is 6.54 Å². The molecule has 0 bridgehead atoms. The first-order valence-corrected chi connectivity index (χ1v) is 8.07. The Morgan fingerprint density at radius 2 is 1.92 bits per heavy atom. The number of hydrogen-bond donors (Lipinski definition) is 1. The summed E-state index contributed by atoms with van der Waals surface area (Å²) in [5.41, 5.74) is 0.964. The number of nitro benzene ring substituents is 1. The van der Waals surface area contributed by atoms with Crippen LogP contribution in [-0.4, -0.2) is 25.6 Å². The molecule has 0 aliphatic carbocycles. The number of nitro groups is 1. The molecule has 8 nitrogen and oxygen atoms in total. The normalized spacial score (nSPS) is 10.5. The summed E-state index contributed by atoms with van der Waals surface area (Å²) in [6.45, 7) is 0.358. The number of rotatable bonds is 5. The molecule has 1 heterocycles. The van der Waals surface area contributed by atoms with Gasteiger partial charge in [-0.25, -0.2) is 9.67 Å². The third-order valence-electron chi connectivity index (χ3n) is 3.45. The first-order valence-electron chi connectivity index (χ1n) is 7.31. The van der Waals surface area contributed by atoms with Crippen LogP contribution in [-0.2, 0) is 6.54 Å². The lowest BCUT2D eigenvalue weighted by atomic mass is 10.2. The monoisotopic (exact) mass is 391 g/mol. The topological polar surface area (TPSA) is 103 Å². The van der Waals surface area contributed by atoms with Gasteiger partial charge in [0.05, 0.1) is 11.5 Å². The number of halogens is 2. The van der Waals surface area contributed by atoms with E-state index in [0.717, 1.165) is 5.56 Å². The van der Waals surface area contributed by atoms with Crippen LogP contribution in [0, 0.1) is 10.1 Å². The minimum Gasteiger partial charge on any atom is -0.289 e. The maximum Gasteiger partial charge on any atom is 0.269 e. The van der Waals surface area contributed by atoms with E-state index in [4.69, 9.17) is 23.2 Å². The van der Waals surface area contributed by atoms with Gasteiger partial charge in [-0.3, -0.25) is 20.2 Å². The fourth-order valence-corrected chi connectivity index (χ4v) is 2.63. The largest absolute Gasteiger partial charge is 0.289 e. The van der Waals surface area contributed by atoms with Crippen LogP contribution in [0.5, 0.6) is 0 Å². The van der Waals surface area contributed by atoms with Crippen molar-refractivity contribution in [1.82, 2.24) is 14.8 Å². The van der Waals surface area contributed by atoms with Crippen LogP contribution in [0.25, 0.3) is 0 Å². The second-order valence-corrected chi connectivity index (χ2v) is 6.10. The highest BCUT2D eigenvalue weighted by Gasteiger charge is 2.12. The molecule has 0 radical (unpaired) electrons. The minimum atomic E-state index is -0.535. The second kappa shape index (κ2) is 7.51. The molecule has 0 unspecified atom stereocenters. The molecule has 2 aromatic carbocycles. The van der Waals surface area contributed by atoms with Gasteiger partial charge in [0.25, 0.3) is 11.6 Å². The SMILES string of the molecule is O=C(Nc1ncn(Cc2ccc(Cl)cc2Cl)n1)c1ccc([N+](=O)[O-])cc1. The highest BCUT2D eigenvalue weighted by atomic mass is 35.5. The number of hydrogen-bond acceptors (Lipinski definition) is 5. The predicted octanol–water partition coefficient (Wildman–Crippen LogP) is 3.79. The fourth-order valence-electron chi connectivity index (χ4n) is 2.16. The van der Waals surface area contributed by atoms with Crippen LogP contribution in [0.1, 0.15) is 15.9 Å². The Morgan fingerprint density at radius 3 is 2.58 bits per heavy atom. The molecule has 0 atom stereocenters. The first-order chi connectivity index (χ1) is 12.4. The summed E-state index contributed by atoms with van der Waals surface area (Å²) >= 11 is 12.0. The zero-order valence-electron chi connectivity index (χ0n) is 13.1. The van der Waals surface area contributed by atoms with Gasteiger partial charge in [-0.2, -0.15) is 0 Å². The molecule has 0 aliphatic heterocycles. The van der Waals surface area contributed by atoms with Crippen molar-refractivity contribution in [3.05, 3.63) is 80.1 Å². The second-order valence-electron chi connectivity index (χ2n) is 5.26. The van der Waals surface area contributed by atoms with Gasteiger partial charge in [-0.05, 0) is 29.8 Å². The zero-order valence-corrected chi connectivity index (χ0v) is 14.6. The van der Waals surface area contributed by atoms with Crippen molar-refractivity contribution in [2.24, 2.45) is 0 Å². The quantitative estimate of drug-likeness (QED) is 0.526. The summed E-state index contributed by atoms with van der Waals surface area (Å²) in [5.74, 6) is -0.361. The van der Waals surface area contributed by atoms with Crippen molar-refractivity contribution in [1.29, 1.82) is 0 Å². The highest BCUT2D eigenvalue weighted by Crippen LogP contribution is 2.21. The van der Waals surface area contributed by atoms with Gasteiger partial charge in [0.15, 0.2) is 0 Å². The molecule has 0 saturated heterocycles. The highest BCUT2D eigenvalue weighted by molar-refractivity contribution is 6.35. The summed E-state index contributed by atoms with van der Waals surface area (Å²) in [6.07, 6.45) is 1.45. The third kappa shape index (κ3) is 4.16. The van der Waals surface area contributed by atoms with Crippen LogP contribution >= 0.6 is 23.2 Å². The lowest BCUT2D eigenvalue weighted by molar-refractivity contribution is -0.384. The number of aromatic nitrogens is 3. The Morgan fingerprint density at radius 1 is 1.19 bits per heavy atom. The first kappa shape index (κ1) is 17.8. The van der Waals surface area contributed by atoms with Crippen molar-refractivity contribution in [2.75, 3.05) is 5.32 Å². The molecule has 132 valence electrons. The van der Waals surface area contributed by atoms with Crippen LogP contribution in [0.3, 0.4) is 0 Å². The van der Waals surface area contributed by atoms with Crippen molar-refractivity contribution < 1.29 is 9.72 Å². The number of non-ortho nitro benzene ring substituents is 1. The summed E-state index contributed by atoms with van der Waals surface area (Å²) < 4.78 is 1.51. The van der Waals surface area contributed by atoms with Crippen molar-refractivity contribution in [3.8, 4) is 0 Å². The van der Waals surface area contributed by atoms with Crippen LogP contribution in [0.4, 0.5) is 11.6 Å². The Bertz CT molecular complexity index is 972. The predicted molar refractivity (Wildman–Crippen MR) is 96.6 cm³/mol. The molecule has 3 aromatic rings. The number of nitrogens with one attached hydrogen (secondary N) is 1. The van der Waals surface area contributed by atoms with Gasteiger partial charge >= 0.3 is 0 Å². The zero-order chi connectivity index (χ0) is 18.7. The smallest absolute Gasteiger partial charge is 0.269 e. The van der Waals surface area contributed by atoms with E-state index in [0.29, 0.717) is 16.6 Å². The van der Waals surface area contributed by atoms with E-state index in [1.54, 1.807) is 18.2 Å². The van der Waals surface area contributed by atoms with E-state index in [2.05, 4.69) is 15.4 Å². The Kier molecular flexibility index (Phi) is 5.15. The molecule has 0 spiro atoms. The van der Waals surface area contributed by atoms with E-state index in [1.165, 1.54) is 35.3 Å². The number of carbonyl (C=O) groups excluding carboxylic acids is 1. The molecule has 26 heavy (non-hydrogen) atoms. The number of nitrogens with zero attached hydrogens (tertiary/aromatic N) is 4. The third-order valence-corrected chi connectivity index (χ3v) is 4.04. The lowest BCUT2D eigenvalue weighted by Crippen LogP contribution is -2.13. The number of amides is 1. The molecular formula is C16H11Cl2N5O3. The molecule has 0 aliphatic rings. The Labute approximate surface area is 157 Å². The van der Waals surface area contributed by atoms with Crippen molar-refractivity contribution in [3.63, 3.8) is 0 Å². The summed E-state index contributed by atoms with van der Waals surface area (Å²) in [5, 5.41) is 18.4. The number of carbonyl (C=O) groups is 1. The molecular weight excluding hydrogens is 381 g/mol. The van der Waals surface area contributed by atoms with Crippen LogP contribution < -0.4 is 5.32 Å². The van der Waals surface area contributed by atoms with E-state index in [9.17, 15) is 14.9 Å². The molecule has 0 saturated carbocycles. The average Bonchev–Trinajstić information content (AvgIpc) is 3.04. The van der Waals surface area contributed by atoms with Gasteiger partial charge < -0.3 is 0 Å². The van der Waals surface area contributed by atoms with Crippen molar-refractivity contribution >= 4 is 40.7 Å². The van der Waals surface area contributed by atoms with E-state index in [1.807, 2.05) is 0 Å². The maximum absolute atomic E-state index is 12.1. The van der Waals surface area contributed by atoms with Gasteiger partial charge in [-0.15, -0.1) is 5.10 Å². The maximum atomic E-state index is 12.1. The lowest BCUT2D eigenvalue weighted by Gasteiger charge is -2.04. The van der Waals surface area contributed by atoms with Crippen LogP contribution in [0.2, 0.25) is 10.0 Å². The summed E-state index contributed by atoms with van der Waals surface area (Å²) in [7, 11) is 0. The molecule has 1 N–H and O–H groups in total. The molecule has 1 aromatic heterocycles. The minimum absolute atomic E-state index is 0.0937. The van der Waals surface area contributed by atoms with Gasteiger partial charge in [-0.1, -0.05) is 29.3 Å². The van der Waals surface area contributed by atoms with Gasteiger partial charge in [0, 0.05) is 27.7 Å². The standard InChI is InChI=1S/C16H11Cl2N5O3/c17-12-4-1-11(14(18)7-12)8-22-9-19-16(21-22)20-15(24)10-2-5-13(6-3-10)23(25)26/h1-7,9H,8H2,(H,20,21,24). The van der Waals surface area contributed by atoms with Gasteiger partial charge in [0.1, 0.15) is 6.33 Å². The molecule has 3 rings (SSSR count). The fraction of sp³-hybridized carbons (Fsp3) is 0.0625. The molecule has 10 heteroatoms. The number of benzene rings is 2. The Hall–Kier alpha value is -2.97. The average molecular weight is 392 g/mol. The van der Waals surface area contributed by atoms with E-state index >= 15 is 0 Å².